The molecule has 3 nitrogen and oxygen atoms in total. The van der Waals surface area contributed by atoms with E-state index in [-0.39, 0.29) is 11.1 Å². The van der Waals surface area contributed by atoms with Crippen LogP contribution in [0.2, 0.25) is 0 Å². The van der Waals surface area contributed by atoms with E-state index >= 15 is 0 Å². The molecule has 0 saturated carbocycles. The first-order chi connectivity index (χ1) is 9.43. The van der Waals surface area contributed by atoms with E-state index in [9.17, 15) is 13.6 Å². The van der Waals surface area contributed by atoms with Crippen molar-refractivity contribution >= 4 is 11.7 Å². The zero-order chi connectivity index (χ0) is 14.9. The minimum Gasteiger partial charge on any atom is -0.465 e. The van der Waals surface area contributed by atoms with E-state index in [1.165, 1.54) is 19.2 Å². The number of methoxy groups -OCH3 is 1. The molecule has 0 bridgehead atoms. The normalized spacial score (nSPS) is 10.4. The number of carbonyl (C=O) groups is 1. The third-order valence-electron chi connectivity index (χ3n) is 3.09. The molecule has 2 rings (SSSR count). The minimum absolute atomic E-state index is 0.0434. The van der Waals surface area contributed by atoms with Gasteiger partial charge in [-0.25, -0.2) is 13.6 Å². The number of esters is 1. The van der Waals surface area contributed by atoms with Gasteiger partial charge in [0.2, 0.25) is 0 Å². The van der Waals surface area contributed by atoms with E-state index < -0.39 is 17.6 Å². The molecule has 0 aromatic heterocycles. The summed E-state index contributed by atoms with van der Waals surface area (Å²) in [6, 6.07) is 6.05. The van der Waals surface area contributed by atoms with Crippen molar-refractivity contribution in [3.63, 3.8) is 0 Å². The Morgan fingerprint density at radius 1 is 1.20 bits per heavy atom. The number of benzene rings is 2. The van der Waals surface area contributed by atoms with Gasteiger partial charge >= 0.3 is 5.97 Å². The molecule has 2 aromatic carbocycles. The number of carbonyl (C=O) groups excluding carboxylic acids is 1. The quantitative estimate of drug-likeness (QED) is 0.676. The van der Waals surface area contributed by atoms with Gasteiger partial charge in [0.25, 0.3) is 0 Å². The Morgan fingerprint density at radius 3 is 2.55 bits per heavy atom. The van der Waals surface area contributed by atoms with Crippen LogP contribution in [0.15, 0.2) is 30.3 Å². The average Bonchev–Trinajstić information content (AvgIpc) is 2.43. The van der Waals surface area contributed by atoms with E-state index in [0.29, 0.717) is 16.8 Å². The van der Waals surface area contributed by atoms with Crippen LogP contribution in [-0.2, 0) is 4.74 Å². The van der Waals surface area contributed by atoms with Crippen LogP contribution in [0.3, 0.4) is 0 Å². The van der Waals surface area contributed by atoms with Crippen molar-refractivity contribution in [2.45, 2.75) is 6.92 Å². The lowest BCUT2D eigenvalue weighted by atomic mass is 9.97. The molecule has 0 aliphatic carbocycles. The van der Waals surface area contributed by atoms with E-state index in [1.54, 1.807) is 6.92 Å². The van der Waals surface area contributed by atoms with Gasteiger partial charge in [-0.3, -0.25) is 0 Å². The summed E-state index contributed by atoms with van der Waals surface area (Å²) in [7, 11) is 1.24. The standard InChI is InChI=1S/C15H13F2NO2/c1-8-11(15(19)20-2)5-9(6-14(8)18)12-7-10(16)3-4-13(12)17/h3-7H,18H2,1-2H3. The van der Waals surface area contributed by atoms with Gasteiger partial charge in [0, 0.05) is 11.3 Å². The highest BCUT2D eigenvalue weighted by atomic mass is 19.1. The highest BCUT2D eigenvalue weighted by Crippen LogP contribution is 2.29. The van der Waals surface area contributed by atoms with Gasteiger partial charge in [-0.2, -0.15) is 0 Å². The molecule has 0 aliphatic rings. The molecule has 0 unspecified atom stereocenters. The third-order valence-corrected chi connectivity index (χ3v) is 3.09. The molecule has 0 heterocycles. The summed E-state index contributed by atoms with van der Waals surface area (Å²) in [6.07, 6.45) is 0. The Balaban J connectivity index is 2.66. The van der Waals surface area contributed by atoms with Crippen LogP contribution < -0.4 is 5.73 Å². The fraction of sp³-hybridized carbons (Fsp3) is 0.133. The maximum Gasteiger partial charge on any atom is 0.338 e. The molecular weight excluding hydrogens is 264 g/mol. The van der Waals surface area contributed by atoms with Gasteiger partial charge in [0.1, 0.15) is 11.6 Å². The maximum atomic E-state index is 13.8. The van der Waals surface area contributed by atoms with Crippen molar-refractivity contribution < 1.29 is 18.3 Å². The van der Waals surface area contributed by atoms with Gasteiger partial charge in [-0.15, -0.1) is 0 Å². The summed E-state index contributed by atoms with van der Waals surface area (Å²) in [5.74, 6) is -1.74. The highest BCUT2D eigenvalue weighted by Gasteiger charge is 2.15. The summed E-state index contributed by atoms with van der Waals surface area (Å²) >= 11 is 0. The molecule has 0 spiro atoms. The lowest BCUT2D eigenvalue weighted by Gasteiger charge is -2.11. The van der Waals surface area contributed by atoms with Gasteiger partial charge in [0.15, 0.2) is 0 Å². The summed E-state index contributed by atoms with van der Waals surface area (Å²) in [4.78, 5) is 11.7. The molecule has 0 fully saturated rings. The molecular formula is C15H13F2NO2. The molecule has 104 valence electrons. The fourth-order valence-electron chi connectivity index (χ4n) is 1.93. The van der Waals surface area contributed by atoms with Crippen molar-refractivity contribution in [2.75, 3.05) is 12.8 Å². The zero-order valence-electron chi connectivity index (χ0n) is 11.0. The van der Waals surface area contributed by atoms with Crippen molar-refractivity contribution in [1.82, 2.24) is 0 Å². The van der Waals surface area contributed by atoms with Gasteiger partial charge < -0.3 is 10.5 Å². The molecule has 0 atom stereocenters. The largest absolute Gasteiger partial charge is 0.465 e. The molecule has 2 aromatic rings. The topological polar surface area (TPSA) is 52.3 Å². The Hall–Kier alpha value is -2.43. The lowest BCUT2D eigenvalue weighted by molar-refractivity contribution is 0.0600. The van der Waals surface area contributed by atoms with E-state index in [1.807, 2.05) is 0 Å². The number of hydrogen-bond donors (Lipinski definition) is 1. The number of nitrogen functional groups attached to an aromatic ring is 1. The number of hydrogen-bond acceptors (Lipinski definition) is 3. The first kappa shape index (κ1) is 14.0. The van der Waals surface area contributed by atoms with Gasteiger partial charge in [0.05, 0.1) is 12.7 Å². The Morgan fingerprint density at radius 2 is 1.90 bits per heavy atom. The maximum absolute atomic E-state index is 13.8. The van der Waals surface area contributed by atoms with Crippen molar-refractivity contribution in [2.24, 2.45) is 0 Å². The lowest BCUT2D eigenvalue weighted by Crippen LogP contribution is -2.06. The number of rotatable bonds is 2. The SMILES string of the molecule is COC(=O)c1cc(-c2cc(F)ccc2F)cc(N)c1C. The highest BCUT2D eigenvalue weighted by molar-refractivity contribution is 5.94. The number of anilines is 1. The zero-order valence-corrected chi connectivity index (χ0v) is 11.0. The van der Waals surface area contributed by atoms with E-state index in [4.69, 9.17) is 5.73 Å². The fourth-order valence-corrected chi connectivity index (χ4v) is 1.93. The Labute approximate surface area is 115 Å². The number of ether oxygens (including phenoxy) is 1. The Kier molecular flexibility index (Phi) is 3.70. The minimum atomic E-state index is -0.592. The van der Waals surface area contributed by atoms with Crippen LogP contribution in [0.4, 0.5) is 14.5 Å². The summed E-state index contributed by atoms with van der Waals surface area (Å²) < 4.78 is 31.7. The average molecular weight is 277 g/mol. The predicted molar refractivity (Wildman–Crippen MR) is 72.3 cm³/mol. The molecule has 0 radical (unpaired) electrons. The molecule has 0 amide bonds. The summed E-state index contributed by atoms with van der Waals surface area (Å²) in [6.45, 7) is 1.66. The first-order valence-electron chi connectivity index (χ1n) is 5.88. The van der Waals surface area contributed by atoms with Crippen molar-refractivity contribution in [3.8, 4) is 11.1 Å². The second kappa shape index (κ2) is 5.28. The van der Waals surface area contributed by atoms with Crippen LogP contribution in [0.25, 0.3) is 11.1 Å². The number of nitrogens with two attached hydrogens (primary N) is 1. The monoisotopic (exact) mass is 277 g/mol. The van der Waals surface area contributed by atoms with E-state index in [0.717, 1.165) is 18.2 Å². The van der Waals surface area contributed by atoms with Crippen LogP contribution >= 0.6 is 0 Å². The summed E-state index contributed by atoms with van der Waals surface area (Å²) in [5, 5.41) is 0. The smallest absolute Gasteiger partial charge is 0.338 e. The molecule has 0 aliphatic heterocycles. The number of halogens is 2. The van der Waals surface area contributed by atoms with Gasteiger partial charge in [-0.05, 0) is 48.4 Å². The second-order valence-corrected chi connectivity index (χ2v) is 4.35. The van der Waals surface area contributed by atoms with Crippen molar-refractivity contribution in [3.05, 3.63) is 53.1 Å². The van der Waals surface area contributed by atoms with Crippen LogP contribution in [0, 0.1) is 18.6 Å². The van der Waals surface area contributed by atoms with Crippen LogP contribution in [0.1, 0.15) is 15.9 Å². The molecule has 20 heavy (non-hydrogen) atoms. The van der Waals surface area contributed by atoms with Crippen molar-refractivity contribution in [1.29, 1.82) is 0 Å². The predicted octanol–water partition coefficient (Wildman–Crippen LogP) is 3.31. The summed E-state index contributed by atoms with van der Waals surface area (Å²) in [5.41, 5.74) is 7.26. The Bertz CT molecular complexity index is 684. The van der Waals surface area contributed by atoms with Crippen LogP contribution in [0.5, 0.6) is 0 Å². The van der Waals surface area contributed by atoms with Crippen LogP contribution in [-0.4, -0.2) is 13.1 Å². The molecule has 2 N–H and O–H groups in total. The second-order valence-electron chi connectivity index (χ2n) is 4.35. The third kappa shape index (κ3) is 2.47. The first-order valence-corrected chi connectivity index (χ1v) is 5.88. The molecule has 0 saturated heterocycles. The van der Waals surface area contributed by atoms with Gasteiger partial charge in [-0.1, -0.05) is 0 Å². The molecule has 5 heteroatoms. The van der Waals surface area contributed by atoms with E-state index in [2.05, 4.69) is 4.74 Å².